The van der Waals surface area contributed by atoms with E-state index in [0.29, 0.717) is 19.2 Å². The molecule has 2 aliphatic rings. The van der Waals surface area contributed by atoms with Gasteiger partial charge in [-0.1, -0.05) is 31.4 Å². The second-order valence-corrected chi connectivity index (χ2v) is 6.10. The van der Waals surface area contributed by atoms with Gasteiger partial charge in [-0.25, -0.2) is 0 Å². The molecular weight excluding hydrogens is 284 g/mol. The van der Waals surface area contributed by atoms with Gasteiger partial charge in [0.25, 0.3) is 0 Å². The highest BCUT2D eigenvalue weighted by molar-refractivity contribution is 7.80. The van der Waals surface area contributed by atoms with E-state index in [1.54, 1.807) is 0 Å². The van der Waals surface area contributed by atoms with Gasteiger partial charge in [-0.2, -0.15) is 0 Å². The Bertz CT molecular complexity index is 489. The highest BCUT2D eigenvalue weighted by atomic mass is 32.1. The predicted molar refractivity (Wildman–Crippen MR) is 87.0 cm³/mol. The lowest BCUT2D eigenvalue weighted by molar-refractivity contribution is 0.0937. The molecule has 0 spiro atoms. The quantitative estimate of drug-likeness (QED) is 0.840. The Morgan fingerprint density at radius 3 is 2.71 bits per heavy atom. The second-order valence-electron chi connectivity index (χ2n) is 5.69. The Morgan fingerprint density at radius 2 is 1.90 bits per heavy atom. The third-order valence-corrected chi connectivity index (χ3v) is 4.26. The summed E-state index contributed by atoms with van der Waals surface area (Å²) in [5.41, 5.74) is 0. The highest BCUT2D eigenvalue weighted by Gasteiger charge is 2.21. The van der Waals surface area contributed by atoms with Gasteiger partial charge in [0.15, 0.2) is 16.6 Å². The van der Waals surface area contributed by atoms with E-state index in [0.717, 1.165) is 16.6 Å². The molecule has 114 valence electrons. The number of para-hydroxylation sites is 2. The summed E-state index contributed by atoms with van der Waals surface area (Å²) in [6.07, 6.45) is 6.39. The van der Waals surface area contributed by atoms with Crippen LogP contribution in [0.4, 0.5) is 0 Å². The van der Waals surface area contributed by atoms with Crippen LogP contribution in [0, 0.1) is 0 Å². The van der Waals surface area contributed by atoms with Gasteiger partial charge >= 0.3 is 0 Å². The molecule has 1 fully saturated rings. The van der Waals surface area contributed by atoms with Crippen LogP contribution in [0.5, 0.6) is 11.5 Å². The summed E-state index contributed by atoms with van der Waals surface area (Å²) in [5.74, 6) is 1.62. The van der Waals surface area contributed by atoms with Gasteiger partial charge in [0.2, 0.25) is 0 Å². The number of thiocarbonyl (C=S) groups is 1. The minimum absolute atomic E-state index is 0.00833. The molecule has 1 heterocycles. The molecule has 4 nitrogen and oxygen atoms in total. The molecule has 0 unspecified atom stereocenters. The summed E-state index contributed by atoms with van der Waals surface area (Å²) in [7, 11) is 0. The van der Waals surface area contributed by atoms with E-state index in [1.165, 1.54) is 32.1 Å². The number of ether oxygens (including phenoxy) is 2. The lowest BCUT2D eigenvalue weighted by Gasteiger charge is -2.28. The Morgan fingerprint density at radius 1 is 1.14 bits per heavy atom. The molecule has 5 heteroatoms. The first-order valence-corrected chi connectivity index (χ1v) is 8.15. The van der Waals surface area contributed by atoms with Crippen molar-refractivity contribution < 1.29 is 9.47 Å². The standard InChI is InChI=1S/C16H22N2O2S/c21-16(18-12-6-2-1-3-7-12)17-10-13-11-19-14-8-4-5-9-15(14)20-13/h4-5,8-9,12-13H,1-3,6-7,10-11H2,(H2,17,18,21)/t13-/m0/s1. The van der Waals surface area contributed by atoms with Gasteiger partial charge in [-0.15, -0.1) is 0 Å². The van der Waals surface area contributed by atoms with Crippen LogP contribution < -0.4 is 20.1 Å². The average Bonchev–Trinajstić information content (AvgIpc) is 2.54. The number of benzene rings is 1. The molecule has 3 rings (SSSR count). The van der Waals surface area contributed by atoms with E-state index in [-0.39, 0.29) is 6.10 Å². The van der Waals surface area contributed by atoms with Crippen molar-refractivity contribution in [3.05, 3.63) is 24.3 Å². The Balaban J connectivity index is 1.42. The molecule has 1 aliphatic heterocycles. The first-order chi connectivity index (χ1) is 10.3. The first kappa shape index (κ1) is 14.4. The Labute approximate surface area is 131 Å². The number of hydrogen-bond acceptors (Lipinski definition) is 3. The van der Waals surface area contributed by atoms with E-state index in [2.05, 4.69) is 10.6 Å². The minimum atomic E-state index is -0.00833. The zero-order valence-electron chi connectivity index (χ0n) is 12.1. The van der Waals surface area contributed by atoms with Gasteiger partial charge in [0, 0.05) is 6.04 Å². The summed E-state index contributed by atoms with van der Waals surface area (Å²) < 4.78 is 11.6. The van der Waals surface area contributed by atoms with Crippen molar-refractivity contribution in [1.29, 1.82) is 0 Å². The van der Waals surface area contributed by atoms with E-state index in [4.69, 9.17) is 21.7 Å². The van der Waals surface area contributed by atoms with Crippen molar-refractivity contribution in [2.45, 2.75) is 44.2 Å². The number of nitrogens with one attached hydrogen (secondary N) is 2. The zero-order valence-corrected chi connectivity index (χ0v) is 13.0. The fourth-order valence-electron chi connectivity index (χ4n) is 2.85. The normalized spacial score (nSPS) is 21.6. The van der Waals surface area contributed by atoms with Crippen molar-refractivity contribution in [2.75, 3.05) is 13.2 Å². The summed E-state index contributed by atoms with van der Waals surface area (Å²) >= 11 is 5.36. The molecule has 0 bridgehead atoms. The fourth-order valence-corrected chi connectivity index (χ4v) is 3.10. The maximum absolute atomic E-state index is 5.90. The van der Waals surface area contributed by atoms with E-state index >= 15 is 0 Å². The highest BCUT2D eigenvalue weighted by Crippen LogP contribution is 2.30. The van der Waals surface area contributed by atoms with Crippen molar-refractivity contribution in [2.24, 2.45) is 0 Å². The summed E-state index contributed by atoms with van der Waals surface area (Å²) in [4.78, 5) is 0. The van der Waals surface area contributed by atoms with Crippen LogP contribution in [0.3, 0.4) is 0 Å². The largest absolute Gasteiger partial charge is 0.486 e. The van der Waals surface area contributed by atoms with Gasteiger partial charge in [-0.05, 0) is 37.2 Å². The molecule has 1 aromatic rings. The monoisotopic (exact) mass is 306 g/mol. The number of hydrogen-bond donors (Lipinski definition) is 2. The second kappa shape index (κ2) is 6.98. The Kier molecular flexibility index (Phi) is 4.80. The van der Waals surface area contributed by atoms with E-state index in [9.17, 15) is 0 Å². The molecule has 21 heavy (non-hydrogen) atoms. The summed E-state index contributed by atoms with van der Waals surface area (Å²) in [6.45, 7) is 1.21. The van der Waals surface area contributed by atoms with Crippen LogP contribution in [0.25, 0.3) is 0 Å². The van der Waals surface area contributed by atoms with Crippen molar-refractivity contribution in [3.8, 4) is 11.5 Å². The van der Waals surface area contributed by atoms with Crippen molar-refractivity contribution in [1.82, 2.24) is 10.6 Å². The molecule has 1 aliphatic carbocycles. The summed E-state index contributed by atoms with van der Waals surface area (Å²) in [5, 5.41) is 7.37. The molecule has 0 amide bonds. The van der Waals surface area contributed by atoms with Crippen LogP contribution in [0.1, 0.15) is 32.1 Å². The fraction of sp³-hybridized carbons (Fsp3) is 0.562. The van der Waals surface area contributed by atoms with Gasteiger partial charge in [-0.3, -0.25) is 0 Å². The molecule has 1 atom stereocenters. The van der Waals surface area contributed by atoms with Crippen LogP contribution in [0.2, 0.25) is 0 Å². The van der Waals surface area contributed by atoms with Crippen LogP contribution in [-0.2, 0) is 0 Å². The van der Waals surface area contributed by atoms with Crippen LogP contribution >= 0.6 is 12.2 Å². The smallest absolute Gasteiger partial charge is 0.166 e. The molecular formula is C16H22N2O2S. The zero-order chi connectivity index (χ0) is 14.5. The number of fused-ring (bicyclic) bond motifs is 1. The maximum Gasteiger partial charge on any atom is 0.166 e. The molecule has 0 radical (unpaired) electrons. The third-order valence-electron chi connectivity index (χ3n) is 4.00. The van der Waals surface area contributed by atoms with Gasteiger partial charge in [0.1, 0.15) is 12.7 Å². The molecule has 0 saturated heterocycles. The lowest BCUT2D eigenvalue weighted by atomic mass is 9.96. The third kappa shape index (κ3) is 4.00. The predicted octanol–water partition coefficient (Wildman–Crippen LogP) is 2.62. The van der Waals surface area contributed by atoms with Crippen molar-refractivity contribution in [3.63, 3.8) is 0 Å². The van der Waals surface area contributed by atoms with E-state index < -0.39 is 0 Å². The molecule has 0 aromatic heterocycles. The van der Waals surface area contributed by atoms with Crippen LogP contribution in [-0.4, -0.2) is 30.4 Å². The van der Waals surface area contributed by atoms with Crippen LogP contribution in [0.15, 0.2) is 24.3 Å². The molecule has 1 aromatic carbocycles. The SMILES string of the molecule is S=C(NC[C@H]1COc2ccccc2O1)NC1CCCCC1. The summed E-state index contributed by atoms with van der Waals surface area (Å²) in [6, 6.07) is 8.29. The average molecular weight is 306 g/mol. The minimum Gasteiger partial charge on any atom is -0.486 e. The molecule has 1 saturated carbocycles. The maximum atomic E-state index is 5.90. The molecule has 2 N–H and O–H groups in total. The van der Waals surface area contributed by atoms with Gasteiger partial charge in [0.05, 0.1) is 6.54 Å². The topological polar surface area (TPSA) is 42.5 Å². The first-order valence-electron chi connectivity index (χ1n) is 7.74. The lowest BCUT2D eigenvalue weighted by Crippen LogP contribution is -2.47. The van der Waals surface area contributed by atoms with Gasteiger partial charge < -0.3 is 20.1 Å². The van der Waals surface area contributed by atoms with Crippen molar-refractivity contribution >= 4 is 17.3 Å². The van der Waals surface area contributed by atoms with E-state index in [1.807, 2.05) is 24.3 Å². The Hall–Kier alpha value is -1.49. The number of rotatable bonds is 3.